The predicted octanol–water partition coefficient (Wildman–Crippen LogP) is 4.32. The average Bonchev–Trinajstić information content (AvgIpc) is 3.04. The first-order valence-corrected chi connectivity index (χ1v) is 7.80. The van der Waals surface area contributed by atoms with Gasteiger partial charge in [-0.2, -0.15) is 0 Å². The van der Waals surface area contributed by atoms with E-state index >= 15 is 0 Å². The van der Waals surface area contributed by atoms with Crippen molar-refractivity contribution in [3.63, 3.8) is 0 Å². The van der Waals surface area contributed by atoms with Crippen LogP contribution in [0.3, 0.4) is 0 Å². The molecular weight excluding hydrogens is 288 g/mol. The Labute approximate surface area is 124 Å². The van der Waals surface area contributed by atoms with Crippen LogP contribution in [0.2, 0.25) is 0 Å². The summed E-state index contributed by atoms with van der Waals surface area (Å²) in [6, 6.07) is 9.99. The van der Waals surface area contributed by atoms with E-state index < -0.39 is 0 Å². The fraction of sp³-hybridized carbons (Fsp3) is 0.0667. The van der Waals surface area contributed by atoms with Crippen molar-refractivity contribution in [1.29, 1.82) is 0 Å². The highest BCUT2D eigenvalue weighted by molar-refractivity contribution is 7.22. The van der Waals surface area contributed by atoms with Crippen LogP contribution in [0.15, 0.2) is 41.8 Å². The number of thiophene rings is 1. The lowest BCUT2D eigenvalue weighted by molar-refractivity contribution is -0.111. The molecule has 0 fully saturated rings. The number of benzene rings is 1. The molecule has 1 aromatic carbocycles. The molecule has 1 amide bonds. The minimum absolute atomic E-state index is 0.158. The predicted molar refractivity (Wildman–Crippen MR) is 86.3 cm³/mol. The Morgan fingerprint density at radius 1 is 1.35 bits per heavy atom. The third-order valence-corrected chi connectivity index (χ3v) is 4.49. The Kier molecular flexibility index (Phi) is 3.62. The summed E-state index contributed by atoms with van der Waals surface area (Å²) >= 11 is 3.09. The molecule has 0 aliphatic rings. The molecule has 0 atom stereocenters. The van der Waals surface area contributed by atoms with E-state index in [2.05, 4.69) is 16.4 Å². The molecular formula is C15H12N2OS2. The van der Waals surface area contributed by atoms with Gasteiger partial charge in [0.1, 0.15) is 0 Å². The van der Waals surface area contributed by atoms with Crippen LogP contribution in [0.4, 0.5) is 5.13 Å². The lowest BCUT2D eigenvalue weighted by Gasteiger charge is -1.94. The summed E-state index contributed by atoms with van der Waals surface area (Å²) in [5, 5.41) is 5.41. The summed E-state index contributed by atoms with van der Waals surface area (Å²) in [4.78, 5) is 17.3. The first-order valence-electron chi connectivity index (χ1n) is 6.10. The topological polar surface area (TPSA) is 42.0 Å². The molecule has 1 N–H and O–H groups in total. The first kappa shape index (κ1) is 13.0. The highest BCUT2D eigenvalue weighted by Gasteiger charge is 2.05. The fourth-order valence-electron chi connectivity index (χ4n) is 1.78. The van der Waals surface area contributed by atoms with Crippen LogP contribution in [-0.2, 0) is 4.79 Å². The standard InChI is InChI=1S/C15H12N2OS2/c1-10-4-6-12-13(9-10)20-15(16-12)17-14(18)7-5-11-3-2-8-19-11/h2-9H,1H3,(H,16,17,18)/b7-5+. The Morgan fingerprint density at radius 2 is 2.25 bits per heavy atom. The van der Waals surface area contributed by atoms with Crippen LogP contribution in [0.5, 0.6) is 0 Å². The van der Waals surface area contributed by atoms with Gasteiger partial charge in [0.25, 0.3) is 0 Å². The van der Waals surface area contributed by atoms with Crippen molar-refractivity contribution in [1.82, 2.24) is 4.98 Å². The number of aryl methyl sites for hydroxylation is 1. The van der Waals surface area contributed by atoms with Gasteiger partial charge in [0.15, 0.2) is 5.13 Å². The van der Waals surface area contributed by atoms with Gasteiger partial charge in [-0.15, -0.1) is 11.3 Å². The number of aromatic nitrogens is 1. The van der Waals surface area contributed by atoms with Crippen molar-refractivity contribution < 1.29 is 4.79 Å². The van der Waals surface area contributed by atoms with Gasteiger partial charge in [-0.05, 0) is 42.1 Å². The Morgan fingerprint density at radius 3 is 3.05 bits per heavy atom. The number of nitrogens with zero attached hydrogens (tertiary/aromatic N) is 1. The minimum atomic E-state index is -0.158. The highest BCUT2D eigenvalue weighted by Crippen LogP contribution is 2.26. The molecule has 20 heavy (non-hydrogen) atoms. The van der Waals surface area contributed by atoms with Crippen LogP contribution in [0, 0.1) is 6.92 Å². The number of carbonyl (C=O) groups excluding carboxylic acids is 1. The largest absolute Gasteiger partial charge is 0.298 e. The molecule has 5 heteroatoms. The summed E-state index contributed by atoms with van der Waals surface area (Å²) in [7, 11) is 0. The molecule has 3 aromatic rings. The van der Waals surface area contributed by atoms with Crippen molar-refractivity contribution in [2.45, 2.75) is 6.92 Å². The number of anilines is 1. The Hall–Kier alpha value is -1.98. The third-order valence-electron chi connectivity index (χ3n) is 2.72. The molecule has 3 nitrogen and oxygen atoms in total. The summed E-state index contributed by atoms with van der Waals surface area (Å²) < 4.78 is 1.09. The molecule has 0 aliphatic carbocycles. The molecule has 2 aromatic heterocycles. The number of fused-ring (bicyclic) bond motifs is 1. The molecule has 3 rings (SSSR count). The zero-order valence-corrected chi connectivity index (χ0v) is 12.4. The SMILES string of the molecule is Cc1ccc2nc(NC(=O)/C=C/c3cccs3)sc2c1. The van der Waals surface area contributed by atoms with Crippen molar-refractivity contribution in [3.05, 3.63) is 52.2 Å². The maximum Gasteiger partial charge on any atom is 0.250 e. The monoisotopic (exact) mass is 300 g/mol. The van der Waals surface area contributed by atoms with E-state index in [4.69, 9.17) is 0 Å². The Balaban J connectivity index is 1.74. The van der Waals surface area contributed by atoms with Gasteiger partial charge in [0.2, 0.25) is 5.91 Å². The second-order valence-corrected chi connectivity index (χ2v) is 6.34. The van der Waals surface area contributed by atoms with Crippen LogP contribution in [0.1, 0.15) is 10.4 Å². The number of rotatable bonds is 3. The number of hydrogen-bond acceptors (Lipinski definition) is 4. The highest BCUT2D eigenvalue weighted by atomic mass is 32.1. The van der Waals surface area contributed by atoms with Gasteiger partial charge in [0.05, 0.1) is 10.2 Å². The quantitative estimate of drug-likeness (QED) is 0.732. The van der Waals surface area contributed by atoms with Gasteiger partial charge in [-0.3, -0.25) is 10.1 Å². The van der Waals surface area contributed by atoms with E-state index in [1.54, 1.807) is 17.4 Å². The van der Waals surface area contributed by atoms with Gasteiger partial charge in [0, 0.05) is 11.0 Å². The van der Waals surface area contributed by atoms with Crippen molar-refractivity contribution in [3.8, 4) is 0 Å². The number of hydrogen-bond donors (Lipinski definition) is 1. The molecule has 0 unspecified atom stereocenters. The van der Waals surface area contributed by atoms with E-state index in [1.165, 1.54) is 23.0 Å². The first-order chi connectivity index (χ1) is 9.70. The third kappa shape index (κ3) is 2.95. The van der Waals surface area contributed by atoms with Gasteiger partial charge >= 0.3 is 0 Å². The smallest absolute Gasteiger partial charge is 0.250 e. The second kappa shape index (κ2) is 5.56. The van der Waals surface area contributed by atoms with E-state index in [0.717, 1.165) is 15.1 Å². The lowest BCUT2D eigenvalue weighted by atomic mass is 10.2. The van der Waals surface area contributed by atoms with Crippen LogP contribution >= 0.6 is 22.7 Å². The number of carbonyl (C=O) groups is 1. The molecule has 0 radical (unpaired) electrons. The zero-order chi connectivity index (χ0) is 13.9. The molecule has 0 saturated heterocycles. The van der Waals surface area contributed by atoms with Crippen LogP contribution in [0.25, 0.3) is 16.3 Å². The zero-order valence-electron chi connectivity index (χ0n) is 10.8. The van der Waals surface area contributed by atoms with E-state index in [9.17, 15) is 4.79 Å². The molecule has 0 bridgehead atoms. The summed E-state index contributed by atoms with van der Waals surface area (Å²) in [5.41, 5.74) is 2.11. The molecule has 0 aliphatic heterocycles. The van der Waals surface area contributed by atoms with Gasteiger partial charge < -0.3 is 0 Å². The van der Waals surface area contributed by atoms with Crippen molar-refractivity contribution in [2.24, 2.45) is 0 Å². The number of amides is 1. The molecule has 100 valence electrons. The number of nitrogens with one attached hydrogen (secondary N) is 1. The molecule has 0 saturated carbocycles. The summed E-state index contributed by atoms with van der Waals surface area (Å²) in [5.74, 6) is -0.158. The van der Waals surface area contributed by atoms with Crippen molar-refractivity contribution in [2.75, 3.05) is 5.32 Å². The Bertz CT molecular complexity index is 772. The number of thiazole rings is 1. The lowest BCUT2D eigenvalue weighted by Crippen LogP contribution is -2.06. The summed E-state index contributed by atoms with van der Waals surface area (Å²) in [6.07, 6.45) is 3.33. The molecule has 2 heterocycles. The minimum Gasteiger partial charge on any atom is -0.298 e. The van der Waals surface area contributed by atoms with Crippen molar-refractivity contribution >= 4 is 50.0 Å². The average molecular weight is 300 g/mol. The van der Waals surface area contributed by atoms with E-state index in [0.29, 0.717) is 5.13 Å². The van der Waals surface area contributed by atoms with Crippen LogP contribution < -0.4 is 5.32 Å². The van der Waals surface area contributed by atoms with E-state index in [-0.39, 0.29) is 5.91 Å². The van der Waals surface area contributed by atoms with Crippen LogP contribution in [-0.4, -0.2) is 10.9 Å². The second-order valence-electron chi connectivity index (χ2n) is 4.33. The fourth-order valence-corrected chi connectivity index (χ4v) is 3.36. The maximum atomic E-state index is 11.8. The van der Waals surface area contributed by atoms with Gasteiger partial charge in [-0.1, -0.05) is 23.5 Å². The maximum absolute atomic E-state index is 11.8. The molecule has 0 spiro atoms. The van der Waals surface area contributed by atoms with E-state index in [1.807, 2.05) is 36.6 Å². The summed E-state index contributed by atoms with van der Waals surface area (Å²) in [6.45, 7) is 2.04. The normalized spacial score (nSPS) is 11.2. The van der Waals surface area contributed by atoms with Gasteiger partial charge in [-0.25, -0.2) is 4.98 Å².